The van der Waals surface area contributed by atoms with E-state index in [0.717, 1.165) is 18.4 Å². The Bertz CT molecular complexity index is 538. The van der Waals surface area contributed by atoms with Gasteiger partial charge in [0.1, 0.15) is 6.04 Å². The molecular formula is C14H19N3O3S. The van der Waals surface area contributed by atoms with Crippen LogP contribution in [0.4, 0.5) is 10.5 Å². The molecule has 0 aliphatic carbocycles. The molecule has 1 saturated heterocycles. The summed E-state index contributed by atoms with van der Waals surface area (Å²) in [5.41, 5.74) is 1.50. The van der Waals surface area contributed by atoms with Gasteiger partial charge in [0.2, 0.25) is 0 Å². The van der Waals surface area contributed by atoms with E-state index in [-0.39, 0.29) is 11.4 Å². The third-order valence-corrected chi connectivity index (χ3v) is 4.78. The van der Waals surface area contributed by atoms with Gasteiger partial charge in [0.25, 0.3) is 0 Å². The molecule has 2 atom stereocenters. The number of rotatable bonds is 4. The van der Waals surface area contributed by atoms with Gasteiger partial charge in [-0.2, -0.15) is 0 Å². The highest BCUT2D eigenvalue weighted by atomic mass is 32.2. The van der Waals surface area contributed by atoms with Crippen LogP contribution in [0, 0.1) is 6.92 Å². The smallest absolute Gasteiger partial charge is 0.327 e. The predicted molar refractivity (Wildman–Crippen MR) is 82.4 cm³/mol. The lowest BCUT2D eigenvalue weighted by atomic mass is 10.2. The molecule has 6 nitrogen and oxygen atoms in total. The first-order valence-electron chi connectivity index (χ1n) is 6.89. The van der Waals surface area contributed by atoms with Gasteiger partial charge in [0.15, 0.2) is 0 Å². The van der Waals surface area contributed by atoms with E-state index in [1.165, 1.54) is 16.7 Å². The van der Waals surface area contributed by atoms with E-state index in [9.17, 15) is 14.7 Å². The summed E-state index contributed by atoms with van der Waals surface area (Å²) >= 11 is 1.52. The van der Waals surface area contributed by atoms with Crippen molar-refractivity contribution in [1.29, 1.82) is 0 Å². The number of urea groups is 1. The number of thioether (sulfide) groups is 1. The molecule has 2 heterocycles. The van der Waals surface area contributed by atoms with Gasteiger partial charge < -0.3 is 10.4 Å². The molecule has 1 aliphatic heterocycles. The third kappa shape index (κ3) is 3.47. The fourth-order valence-electron chi connectivity index (χ4n) is 2.27. The summed E-state index contributed by atoms with van der Waals surface area (Å²) in [5, 5.41) is 12.0. The minimum Gasteiger partial charge on any atom is -0.480 e. The number of aromatic nitrogens is 1. The summed E-state index contributed by atoms with van der Waals surface area (Å²) in [6.45, 7) is 3.89. The highest BCUT2D eigenvalue weighted by Crippen LogP contribution is 2.33. The minimum atomic E-state index is -0.959. The van der Waals surface area contributed by atoms with E-state index in [1.807, 2.05) is 13.8 Å². The topological polar surface area (TPSA) is 82.5 Å². The fourth-order valence-corrected chi connectivity index (χ4v) is 3.78. The Labute approximate surface area is 127 Å². The molecule has 2 unspecified atom stereocenters. The quantitative estimate of drug-likeness (QED) is 0.893. The van der Waals surface area contributed by atoms with Crippen molar-refractivity contribution < 1.29 is 14.7 Å². The van der Waals surface area contributed by atoms with Crippen molar-refractivity contribution in [1.82, 2.24) is 9.88 Å². The number of aliphatic carboxylic acids is 1. The SMILES string of the molecule is CCCC1SCC(C(=O)O)N1C(=O)Nc1cnccc1C. The third-order valence-electron chi connectivity index (χ3n) is 3.43. The van der Waals surface area contributed by atoms with Gasteiger partial charge in [-0.15, -0.1) is 11.8 Å². The first-order chi connectivity index (χ1) is 10.0. The molecule has 7 heteroatoms. The highest BCUT2D eigenvalue weighted by molar-refractivity contribution is 8.00. The van der Waals surface area contributed by atoms with Crippen molar-refractivity contribution in [2.45, 2.75) is 38.1 Å². The van der Waals surface area contributed by atoms with Crippen LogP contribution in [0.2, 0.25) is 0 Å². The second-order valence-electron chi connectivity index (χ2n) is 4.96. The van der Waals surface area contributed by atoms with Crippen LogP contribution in [0.3, 0.4) is 0 Å². The maximum atomic E-state index is 12.5. The lowest BCUT2D eigenvalue weighted by molar-refractivity contribution is -0.141. The molecule has 0 bridgehead atoms. The number of pyridine rings is 1. The Hall–Kier alpha value is -1.76. The number of carboxylic acids is 1. The van der Waals surface area contributed by atoms with Crippen LogP contribution in [-0.2, 0) is 4.79 Å². The van der Waals surface area contributed by atoms with Crippen molar-refractivity contribution in [3.05, 3.63) is 24.0 Å². The summed E-state index contributed by atoms with van der Waals surface area (Å²) in [6, 6.07) is 0.650. The van der Waals surface area contributed by atoms with Gasteiger partial charge in [0, 0.05) is 11.9 Å². The number of hydrogen-bond acceptors (Lipinski definition) is 4. The summed E-state index contributed by atoms with van der Waals surface area (Å²) in [7, 11) is 0. The maximum Gasteiger partial charge on any atom is 0.327 e. The zero-order valence-electron chi connectivity index (χ0n) is 12.1. The maximum absolute atomic E-state index is 12.5. The number of hydrogen-bond donors (Lipinski definition) is 2. The van der Waals surface area contributed by atoms with Crippen LogP contribution in [0.25, 0.3) is 0 Å². The van der Waals surface area contributed by atoms with Crippen molar-refractivity contribution >= 4 is 29.4 Å². The Morgan fingerprint density at radius 2 is 2.33 bits per heavy atom. The molecule has 1 aliphatic rings. The molecule has 1 aromatic rings. The standard InChI is InChI=1S/C14H19N3O3S/c1-3-4-12-17(11(8-21-12)13(18)19)14(20)16-10-7-15-6-5-9(10)2/h5-7,11-12H,3-4,8H2,1-2H3,(H,16,20)(H,18,19). The Morgan fingerprint density at radius 1 is 1.57 bits per heavy atom. The molecule has 21 heavy (non-hydrogen) atoms. The monoisotopic (exact) mass is 309 g/mol. The zero-order chi connectivity index (χ0) is 15.4. The van der Waals surface area contributed by atoms with Crippen molar-refractivity contribution in [3.63, 3.8) is 0 Å². The number of carboxylic acid groups (broad SMARTS) is 1. The molecule has 0 saturated carbocycles. The largest absolute Gasteiger partial charge is 0.480 e. The van der Waals surface area contributed by atoms with Crippen LogP contribution in [0.15, 0.2) is 18.5 Å². The highest BCUT2D eigenvalue weighted by Gasteiger charge is 2.41. The minimum absolute atomic E-state index is 0.0897. The molecule has 2 rings (SSSR count). The number of carbonyl (C=O) groups excluding carboxylic acids is 1. The average Bonchev–Trinajstić information content (AvgIpc) is 2.86. The number of amides is 2. The van der Waals surface area contributed by atoms with Gasteiger partial charge in [0.05, 0.1) is 17.3 Å². The van der Waals surface area contributed by atoms with E-state index in [2.05, 4.69) is 10.3 Å². The van der Waals surface area contributed by atoms with E-state index in [1.54, 1.807) is 18.5 Å². The van der Waals surface area contributed by atoms with Crippen molar-refractivity contribution in [2.24, 2.45) is 0 Å². The number of aryl methyl sites for hydroxylation is 1. The number of nitrogens with one attached hydrogen (secondary N) is 1. The fraction of sp³-hybridized carbons (Fsp3) is 0.500. The second kappa shape index (κ2) is 6.80. The molecule has 1 aromatic heterocycles. The number of carbonyl (C=O) groups is 2. The van der Waals surface area contributed by atoms with Crippen LogP contribution >= 0.6 is 11.8 Å². The van der Waals surface area contributed by atoms with Gasteiger partial charge >= 0.3 is 12.0 Å². The summed E-state index contributed by atoms with van der Waals surface area (Å²) in [6.07, 6.45) is 4.91. The number of anilines is 1. The summed E-state index contributed by atoms with van der Waals surface area (Å²) in [4.78, 5) is 29.2. The number of nitrogens with zero attached hydrogens (tertiary/aromatic N) is 2. The van der Waals surface area contributed by atoms with Crippen molar-refractivity contribution in [3.8, 4) is 0 Å². The van der Waals surface area contributed by atoms with Crippen LogP contribution in [-0.4, -0.2) is 44.2 Å². The zero-order valence-corrected chi connectivity index (χ0v) is 12.9. The van der Waals surface area contributed by atoms with E-state index < -0.39 is 12.0 Å². The van der Waals surface area contributed by atoms with Gasteiger partial charge in [-0.3, -0.25) is 9.88 Å². The van der Waals surface area contributed by atoms with Crippen LogP contribution in [0.1, 0.15) is 25.3 Å². The average molecular weight is 309 g/mol. The van der Waals surface area contributed by atoms with Crippen LogP contribution in [0.5, 0.6) is 0 Å². The van der Waals surface area contributed by atoms with E-state index in [4.69, 9.17) is 0 Å². The Balaban J connectivity index is 2.17. The molecule has 0 aromatic carbocycles. The Kier molecular flexibility index (Phi) is 5.06. The first-order valence-corrected chi connectivity index (χ1v) is 7.93. The molecular weight excluding hydrogens is 290 g/mol. The van der Waals surface area contributed by atoms with Gasteiger partial charge in [-0.1, -0.05) is 13.3 Å². The van der Waals surface area contributed by atoms with Crippen LogP contribution < -0.4 is 5.32 Å². The van der Waals surface area contributed by atoms with Crippen molar-refractivity contribution in [2.75, 3.05) is 11.1 Å². The summed E-state index contributed by atoms with van der Waals surface area (Å²) < 4.78 is 0. The second-order valence-corrected chi connectivity index (χ2v) is 6.17. The Morgan fingerprint density at radius 3 is 2.95 bits per heavy atom. The normalized spacial score (nSPS) is 21.3. The molecule has 1 fully saturated rings. The van der Waals surface area contributed by atoms with E-state index in [0.29, 0.717) is 11.4 Å². The first kappa shape index (κ1) is 15.6. The summed E-state index contributed by atoms with van der Waals surface area (Å²) in [5.74, 6) is -0.529. The lowest BCUT2D eigenvalue weighted by Crippen LogP contribution is -2.47. The molecule has 0 radical (unpaired) electrons. The molecule has 2 amide bonds. The van der Waals surface area contributed by atoms with Gasteiger partial charge in [-0.05, 0) is 25.0 Å². The molecule has 114 valence electrons. The molecule has 0 spiro atoms. The lowest BCUT2D eigenvalue weighted by Gasteiger charge is -2.27. The predicted octanol–water partition coefficient (Wildman–Crippen LogP) is 2.55. The molecule has 2 N–H and O–H groups in total. The van der Waals surface area contributed by atoms with Gasteiger partial charge in [-0.25, -0.2) is 9.59 Å². The van der Waals surface area contributed by atoms with E-state index >= 15 is 0 Å².